The van der Waals surface area contributed by atoms with Gasteiger partial charge in [-0.15, -0.1) is 0 Å². The standard InChI is InChI=1S/C27H57NO4S/c1-4-7-8-9-10-11-12-13-14-15-16-17-18-19-20-21-22-26-31-33(29,30)32-27(5-2,6-3)24-23-25-28/h4-26,28H2,1-3H3. The minimum absolute atomic E-state index is 0.210. The van der Waals surface area contributed by atoms with E-state index < -0.39 is 16.0 Å². The molecular weight excluding hydrogens is 434 g/mol. The molecule has 2 N–H and O–H groups in total. The third-order valence-electron chi connectivity index (χ3n) is 6.88. The van der Waals surface area contributed by atoms with Gasteiger partial charge in [0.2, 0.25) is 0 Å². The lowest BCUT2D eigenvalue weighted by atomic mass is 9.92. The Morgan fingerprint density at radius 1 is 0.606 bits per heavy atom. The second kappa shape index (κ2) is 22.3. The van der Waals surface area contributed by atoms with Crippen molar-refractivity contribution in [2.45, 2.75) is 161 Å². The van der Waals surface area contributed by atoms with Crippen molar-refractivity contribution >= 4 is 10.4 Å². The summed E-state index contributed by atoms with van der Waals surface area (Å²) in [6.45, 7) is 6.92. The van der Waals surface area contributed by atoms with E-state index in [4.69, 9.17) is 14.1 Å². The maximum atomic E-state index is 12.2. The first-order chi connectivity index (χ1) is 15.9. The molecule has 0 aliphatic heterocycles. The highest BCUT2D eigenvalue weighted by atomic mass is 32.3. The van der Waals surface area contributed by atoms with Crippen LogP contribution in [0.4, 0.5) is 0 Å². The van der Waals surface area contributed by atoms with E-state index in [0.717, 1.165) is 25.7 Å². The van der Waals surface area contributed by atoms with Gasteiger partial charge in [-0.05, 0) is 38.6 Å². The molecule has 0 rings (SSSR count). The molecule has 0 aromatic rings. The fourth-order valence-electron chi connectivity index (χ4n) is 4.42. The van der Waals surface area contributed by atoms with Crippen LogP contribution in [0.1, 0.15) is 156 Å². The molecule has 0 aromatic heterocycles. The SMILES string of the molecule is CCCCCCCCCCCCCCCCCCCOS(=O)(=O)OC(CC)(CC)CCCN. The third kappa shape index (κ3) is 19.8. The van der Waals surface area contributed by atoms with Gasteiger partial charge in [-0.2, -0.15) is 8.42 Å². The largest absolute Gasteiger partial charge is 0.400 e. The van der Waals surface area contributed by atoms with Crippen molar-refractivity contribution < 1.29 is 16.8 Å². The van der Waals surface area contributed by atoms with Crippen LogP contribution in [0.3, 0.4) is 0 Å². The van der Waals surface area contributed by atoms with Gasteiger partial charge >= 0.3 is 10.4 Å². The number of hydrogen-bond donors (Lipinski definition) is 1. The van der Waals surface area contributed by atoms with E-state index in [1.165, 1.54) is 89.9 Å². The van der Waals surface area contributed by atoms with Crippen LogP contribution < -0.4 is 5.73 Å². The Bertz CT molecular complexity index is 506. The van der Waals surface area contributed by atoms with Gasteiger partial charge in [0, 0.05) is 0 Å². The van der Waals surface area contributed by atoms with Crippen LogP contribution in [0, 0.1) is 0 Å². The average molecular weight is 492 g/mol. The molecule has 5 nitrogen and oxygen atoms in total. The molecule has 0 amide bonds. The van der Waals surface area contributed by atoms with Crippen molar-refractivity contribution in [3.63, 3.8) is 0 Å². The van der Waals surface area contributed by atoms with E-state index in [1.54, 1.807) is 0 Å². The Hall–Kier alpha value is -0.170. The Labute approximate surface area is 207 Å². The minimum atomic E-state index is -3.96. The van der Waals surface area contributed by atoms with Gasteiger partial charge in [-0.1, -0.05) is 124 Å². The number of unbranched alkanes of at least 4 members (excludes halogenated alkanes) is 16. The predicted octanol–water partition coefficient (Wildman–Crippen LogP) is 8.21. The Morgan fingerprint density at radius 2 is 1.00 bits per heavy atom. The van der Waals surface area contributed by atoms with Gasteiger partial charge in [0.25, 0.3) is 0 Å². The summed E-state index contributed by atoms with van der Waals surface area (Å²) in [6, 6.07) is 0. The fourth-order valence-corrected chi connectivity index (χ4v) is 5.54. The molecule has 0 radical (unpaired) electrons. The molecule has 33 heavy (non-hydrogen) atoms. The summed E-state index contributed by atoms with van der Waals surface area (Å²) in [6.07, 6.45) is 24.8. The van der Waals surface area contributed by atoms with Crippen LogP contribution in [0.5, 0.6) is 0 Å². The van der Waals surface area contributed by atoms with Gasteiger partial charge in [0.05, 0.1) is 12.2 Å². The highest BCUT2D eigenvalue weighted by Gasteiger charge is 2.33. The summed E-state index contributed by atoms with van der Waals surface area (Å²) in [4.78, 5) is 0. The molecule has 0 heterocycles. The molecular formula is C27H57NO4S. The fraction of sp³-hybridized carbons (Fsp3) is 1.00. The summed E-state index contributed by atoms with van der Waals surface area (Å²) in [7, 11) is -3.96. The normalized spacial score (nSPS) is 12.5. The molecule has 0 aliphatic carbocycles. The van der Waals surface area contributed by atoms with Crippen LogP contribution in [-0.2, 0) is 18.8 Å². The van der Waals surface area contributed by atoms with E-state index in [9.17, 15) is 8.42 Å². The Morgan fingerprint density at radius 3 is 1.36 bits per heavy atom. The van der Waals surface area contributed by atoms with E-state index in [-0.39, 0.29) is 6.61 Å². The molecule has 0 aliphatic rings. The molecule has 0 saturated carbocycles. The summed E-state index contributed by atoms with van der Waals surface area (Å²) < 4.78 is 35.0. The molecule has 0 fully saturated rings. The Balaban J connectivity index is 3.57. The summed E-state index contributed by atoms with van der Waals surface area (Å²) in [5, 5.41) is 0. The van der Waals surface area contributed by atoms with Crippen molar-refractivity contribution in [3.8, 4) is 0 Å². The van der Waals surface area contributed by atoms with Crippen LogP contribution >= 0.6 is 0 Å². The third-order valence-corrected chi connectivity index (χ3v) is 7.89. The molecule has 0 bridgehead atoms. The van der Waals surface area contributed by atoms with Gasteiger partial charge in [0.1, 0.15) is 0 Å². The van der Waals surface area contributed by atoms with Crippen molar-refractivity contribution in [2.24, 2.45) is 5.73 Å². The number of rotatable bonds is 26. The molecule has 0 saturated heterocycles. The maximum Gasteiger partial charge on any atom is 0.400 e. The average Bonchev–Trinajstić information content (AvgIpc) is 2.81. The van der Waals surface area contributed by atoms with Gasteiger partial charge in [0.15, 0.2) is 0 Å². The van der Waals surface area contributed by atoms with Crippen LogP contribution in [0.15, 0.2) is 0 Å². The molecule has 0 aromatic carbocycles. The first kappa shape index (κ1) is 32.8. The van der Waals surface area contributed by atoms with E-state index in [2.05, 4.69) is 6.92 Å². The minimum Gasteiger partial charge on any atom is -0.330 e. The van der Waals surface area contributed by atoms with Crippen LogP contribution in [0.2, 0.25) is 0 Å². The topological polar surface area (TPSA) is 78.6 Å². The first-order valence-corrected chi connectivity index (χ1v) is 15.6. The molecule has 0 atom stereocenters. The quantitative estimate of drug-likeness (QED) is 0.123. The van der Waals surface area contributed by atoms with Gasteiger partial charge in [-0.25, -0.2) is 8.37 Å². The predicted molar refractivity (Wildman–Crippen MR) is 142 cm³/mol. The smallest absolute Gasteiger partial charge is 0.330 e. The van der Waals surface area contributed by atoms with Gasteiger partial charge < -0.3 is 5.73 Å². The van der Waals surface area contributed by atoms with Crippen LogP contribution in [0.25, 0.3) is 0 Å². The van der Waals surface area contributed by atoms with Crippen molar-refractivity contribution in [1.29, 1.82) is 0 Å². The highest BCUT2D eigenvalue weighted by molar-refractivity contribution is 7.81. The van der Waals surface area contributed by atoms with Crippen molar-refractivity contribution in [3.05, 3.63) is 0 Å². The van der Waals surface area contributed by atoms with Crippen LogP contribution in [-0.4, -0.2) is 27.2 Å². The molecule has 200 valence electrons. The van der Waals surface area contributed by atoms with Crippen molar-refractivity contribution in [2.75, 3.05) is 13.2 Å². The van der Waals surface area contributed by atoms with Gasteiger partial charge in [-0.3, -0.25) is 0 Å². The Kier molecular flexibility index (Phi) is 22.2. The second-order valence-corrected chi connectivity index (χ2v) is 11.0. The summed E-state index contributed by atoms with van der Waals surface area (Å²) in [5.41, 5.74) is 4.89. The lowest BCUT2D eigenvalue weighted by Gasteiger charge is -2.30. The van der Waals surface area contributed by atoms with E-state index in [1.807, 2.05) is 13.8 Å². The van der Waals surface area contributed by atoms with E-state index in [0.29, 0.717) is 25.8 Å². The van der Waals surface area contributed by atoms with E-state index >= 15 is 0 Å². The zero-order valence-corrected chi connectivity index (χ0v) is 23.2. The summed E-state index contributed by atoms with van der Waals surface area (Å²) >= 11 is 0. The van der Waals surface area contributed by atoms with Crippen molar-refractivity contribution in [1.82, 2.24) is 0 Å². The number of hydrogen-bond acceptors (Lipinski definition) is 5. The molecule has 0 spiro atoms. The summed E-state index contributed by atoms with van der Waals surface area (Å²) in [5.74, 6) is 0. The zero-order valence-electron chi connectivity index (χ0n) is 22.4. The molecule has 0 unspecified atom stereocenters. The maximum absolute atomic E-state index is 12.2. The lowest BCUT2D eigenvalue weighted by molar-refractivity contribution is 0.0360. The zero-order chi connectivity index (χ0) is 24.7. The second-order valence-electron chi connectivity index (χ2n) is 9.75. The lowest BCUT2D eigenvalue weighted by Crippen LogP contribution is -2.35. The highest BCUT2D eigenvalue weighted by Crippen LogP contribution is 2.29. The first-order valence-electron chi connectivity index (χ1n) is 14.2. The monoisotopic (exact) mass is 491 g/mol. The molecule has 6 heteroatoms. The number of nitrogens with two attached hydrogens (primary N) is 1.